The van der Waals surface area contributed by atoms with Gasteiger partial charge in [-0.05, 0) is 149 Å². The van der Waals surface area contributed by atoms with Gasteiger partial charge >= 0.3 is 11.9 Å². The molecule has 3 saturated heterocycles. The maximum atomic E-state index is 14.6. The summed E-state index contributed by atoms with van der Waals surface area (Å²) in [6.07, 6.45) is -1.87. The van der Waals surface area contributed by atoms with Crippen molar-refractivity contribution in [3.8, 4) is 0 Å². The highest BCUT2D eigenvalue weighted by molar-refractivity contribution is 6.03. The van der Waals surface area contributed by atoms with Crippen LogP contribution in [0.3, 0.4) is 0 Å². The molecule has 0 radical (unpaired) electrons. The van der Waals surface area contributed by atoms with Gasteiger partial charge in [0.05, 0.1) is 23.8 Å². The van der Waals surface area contributed by atoms with Crippen molar-refractivity contribution in [2.24, 2.45) is 0 Å². The van der Waals surface area contributed by atoms with Crippen LogP contribution in [0.15, 0.2) is 12.1 Å². The number of aliphatic hydroxyl groups is 2. The highest BCUT2D eigenvalue weighted by atomic mass is 16.6. The summed E-state index contributed by atoms with van der Waals surface area (Å²) in [6, 6.07) is 2.64. The summed E-state index contributed by atoms with van der Waals surface area (Å²) < 4.78 is 24.8. The van der Waals surface area contributed by atoms with Crippen LogP contribution in [0.2, 0.25) is 0 Å². The summed E-state index contributed by atoms with van der Waals surface area (Å²) in [7, 11) is 0. The molecule has 0 saturated carbocycles. The van der Waals surface area contributed by atoms with Gasteiger partial charge in [-0.15, -0.1) is 0 Å². The summed E-state index contributed by atoms with van der Waals surface area (Å²) in [6.45, 7) is 32.6. The number of piperidine rings is 3. The SMILES string of the molecule is CCC(C)(C)N(O)C(C)(C)CCOC(O)c1cc(C(=O)OC2CC(C)(C)N(O)C(C)(C)C2)c(C(=O)OC2CC(C)(C)N(O)C(C)(C)C2)cc1C(O)OC1CC(C)(C)NC(C)(C)C1. The highest BCUT2D eigenvalue weighted by Gasteiger charge is 2.49. The zero-order valence-electron chi connectivity index (χ0n) is 40.9. The molecule has 0 aliphatic carbocycles. The molecule has 3 heterocycles. The molecule has 1 aromatic carbocycles. The number of benzene rings is 1. The Morgan fingerprint density at radius 3 is 1.42 bits per heavy atom. The average Bonchev–Trinajstić information content (AvgIpc) is 3.09. The van der Waals surface area contributed by atoms with Crippen molar-refractivity contribution < 1.29 is 54.4 Å². The first-order valence-electron chi connectivity index (χ1n) is 22.5. The Morgan fingerprint density at radius 1 is 0.677 bits per heavy atom. The maximum absolute atomic E-state index is 14.6. The third-order valence-corrected chi connectivity index (χ3v) is 13.4. The monoisotopic (exact) mass is 879 g/mol. The molecule has 3 aliphatic rings. The number of hydrogen-bond acceptors (Lipinski definition) is 15. The number of carbonyl (C=O) groups excluding carboxylic acids is 2. The first-order valence-corrected chi connectivity index (χ1v) is 22.5. The Hall–Kier alpha value is -2.28. The molecule has 6 N–H and O–H groups in total. The fourth-order valence-corrected chi connectivity index (χ4v) is 10.5. The minimum atomic E-state index is -1.71. The molecule has 3 fully saturated rings. The molecule has 4 rings (SSSR count). The van der Waals surface area contributed by atoms with Gasteiger partial charge in [-0.2, -0.15) is 15.2 Å². The zero-order valence-corrected chi connectivity index (χ0v) is 40.9. The number of aliphatic hydroxyl groups excluding tert-OH is 2. The van der Waals surface area contributed by atoms with E-state index in [0.717, 1.165) is 0 Å². The van der Waals surface area contributed by atoms with Crippen molar-refractivity contribution in [3.05, 3.63) is 34.4 Å². The fraction of sp³-hybridized carbons (Fsp3) is 0.830. The van der Waals surface area contributed by atoms with Crippen LogP contribution >= 0.6 is 0 Å². The number of nitrogens with one attached hydrogen (secondary N) is 1. The van der Waals surface area contributed by atoms with E-state index in [9.17, 15) is 35.4 Å². The largest absolute Gasteiger partial charge is 0.459 e. The van der Waals surface area contributed by atoms with Crippen molar-refractivity contribution in [3.63, 3.8) is 0 Å². The van der Waals surface area contributed by atoms with E-state index in [1.54, 1.807) is 0 Å². The Morgan fingerprint density at radius 2 is 1.05 bits per heavy atom. The van der Waals surface area contributed by atoms with Gasteiger partial charge in [0.2, 0.25) is 0 Å². The standard InChI is InChI=1S/C47H82N4O11/c1-18-42(6,7)49(56)43(8,9)19-20-59-36(52)32-21-34(38(54)61-30-25-44(10,11)50(57)45(12,13)26-30)35(39(55)62-31-27-46(14,15)51(58)47(16,17)28-31)22-33(32)37(53)60-29-23-40(2,3)48-41(4,5)24-29/h21-22,29-31,36-37,48,52-53,56-58H,18-20,23-28H2,1-17H3. The van der Waals surface area contributed by atoms with Crippen LogP contribution in [0, 0.1) is 0 Å². The lowest BCUT2D eigenvalue weighted by Gasteiger charge is -2.51. The molecule has 0 aromatic heterocycles. The Labute approximate surface area is 371 Å². The number of hydroxylamine groups is 6. The third kappa shape index (κ3) is 12.1. The van der Waals surface area contributed by atoms with Gasteiger partial charge < -0.3 is 50.1 Å². The summed E-state index contributed by atoms with van der Waals surface area (Å²) in [5, 5.41) is 64.5. The predicted octanol–water partition coefficient (Wildman–Crippen LogP) is 8.19. The average molecular weight is 879 g/mol. The van der Waals surface area contributed by atoms with Crippen molar-refractivity contribution >= 4 is 11.9 Å². The molecule has 15 heteroatoms. The van der Waals surface area contributed by atoms with Crippen LogP contribution in [-0.4, -0.2) is 122 Å². The van der Waals surface area contributed by atoms with E-state index >= 15 is 0 Å². The number of ether oxygens (including phenoxy) is 4. The van der Waals surface area contributed by atoms with E-state index in [2.05, 4.69) is 33.0 Å². The van der Waals surface area contributed by atoms with E-state index in [1.165, 1.54) is 27.3 Å². The van der Waals surface area contributed by atoms with E-state index in [4.69, 9.17) is 18.9 Å². The van der Waals surface area contributed by atoms with E-state index < -0.39 is 76.1 Å². The quantitative estimate of drug-likeness (QED) is 0.0561. The first kappa shape index (κ1) is 52.3. The molecular weight excluding hydrogens is 797 g/mol. The van der Waals surface area contributed by atoms with Crippen LogP contribution in [0.5, 0.6) is 0 Å². The molecule has 2 unspecified atom stereocenters. The number of rotatable bonds is 15. The molecular formula is C47H82N4O11. The predicted molar refractivity (Wildman–Crippen MR) is 235 cm³/mol. The summed E-state index contributed by atoms with van der Waals surface area (Å²) in [4.78, 5) is 29.1. The van der Waals surface area contributed by atoms with Crippen molar-refractivity contribution in [1.82, 2.24) is 20.5 Å². The molecule has 1 aromatic rings. The zero-order chi connectivity index (χ0) is 47.4. The summed E-state index contributed by atoms with van der Waals surface area (Å²) >= 11 is 0. The topological polar surface area (TPSA) is 194 Å². The number of carbonyl (C=O) groups is 2. The molecule has 356 valence electrons. The molecule has 2 atom stereocenters. The minimum absolute atomic E-state index is 0.00648. The summed E-state index contributed by atoms with van der Waals surface area (Å²) in [5.41, 5.74) is -5.38. The van der Waals surface area contributed by atoms with Crippen molar-refractivity contribution in [2.75, 3.05) is 6.61 Å². The number of esters is 2. The lowest BCUT2D eigenvalue weighted by atomic mass is 9.80. The van der Waals surface area contributed by atoms with E-state index in [0.29, 0.717) is 51.4 Å². The van der Waals surface area contributed by atoms with Crippen LogP contribution in [-0.2, 0) is 18.9 Å². The van der Waals surface area contributed by atoms with Gasteiger partial charge in [0.25, 0.3) is 0 Å². The van der Waals surface area contributed by atoms with Crippen LogP contribution < -0.4 is 5.32 Å². The molecule has 15 nitrogen and oxygen atoms in total. The van der Waals surface area contributed by atoms with Gasteiger partial charge in [0.15, 0.2) is 12.6 Å². The second kappa shape index (κ2) is 18.2. The van der Waals surface area contributed by atoms with E-state index in [-0.39, 0.29) is 39.9 Å². The van der Waals surface area contributed by atoms with Crippen LogP contribution in [0.1, 0.15) is 213 Å². The minimum Gasteiger partial charge on any atom is -0.459 e. The van der Waals surface area contributed by atoms with Gasteiger partial charge in [-0.1, -0.05) is 6.92 Å². The Balaban J connectivity index is 1.82. The second-order valence-corrected chi connectivity index (χ2v) is 23.4. The van der Waals surface area contributed by atoms with Gasteiger partial charge in [0.1, 0.15) is 12.2 Å². The van der Waals surface area contributed by atoms with Crippen LogP contribution in [0.25, 0.3) is 0 Å². The fourth-order valence-electron chi connectivity index (χ4n) is 10.5. The van der Waals surface area contributed by atoms with Crippen molar-refractivity contribution in [1.29, 1.82) is 0 Å². The molecule has 0 bridgehead atoms. The lowest BCUT2D eigenvalue weighted by molar-refractivity contribution is -0.257. The van der Waals surface area contributed by atoms with E-state index in [1.807, 2.05) is 90.0 Å². The Bertz CT molecular complexity index is 1700. The van der Waals surface area contributed by atoms with Gasteiger partial charge in [0, 0.05) is 81.1 Å². The highest BCUT2D eigenvalue weighted by Crippen LogP contribution is 2.42. The number of hydrogen-bond donors (Lipinski definition) is 6. The molecule has 62 heavy (non-hydrogen) atoms. The molecule has 3 aliphatic heterocycles. The molecule has 0 amide bonds. The van der Waals surface area contributed by atoms with Crippen LogP contribution in [0.4, 0.5) is 0 Å². The lowest BCUT2D eigenvalue weighted by Crippen LogP contribution is -2.60. The first-order chi connectivity index (χ1) is 28.0. The third-order valence-electron chi connectivity index (χ3n) is 13.4. The normalized spacial score (nSPS) is 24.4. The smallest absolute Gasteiger partial charge is 0.339 e. The molecule has 0 spiro atoms. The summed E-state index contributed by atoms with van der Waals surface area (Å²) in [5.74, 6) is -1.71. The second-order valence-electron chi connectivity index (χ2n) is 23.4. The maximum Gasteiger partial charge on any atom is 0.339 e. The van der Waals surface area contributed by atoms with Gasteiger partial charge in [-0.25, -0.2) is 9.59 Å². The Kier molecular flexibility index (Phi) is 15.4. The van der Waals surface area contributed by atoms with Crippen molar-refractivity contribution in [2.45, 2.75) is 244 Å². The number of nitrogens with zero attached hydrogens (tertiary/aromatic N) is 3. The van der Waals surface area contributed by atoms with Gasteiger partial charge in [-0.3, -0.25) is 0 Å².